The van der Waals surface area contributed by atoms with Crippen molar-refractivity contribution >= 4 is 18.0 Å². The molecule has 0 saturated carbocycles. The summed E-state index contributed by atoms with van der Waals surface area (Å²) in [5, 5.41) is 0. The van der Waals surface area contributed by atoms with Gasteiger partial charge < -0.3 is 19.1 Å². The van der Waals surface area contributed by atoms with E-state index < -0.39 is 6.09 Å². The molecule has 0 unspecified atom stereocenters. The first-order valence-electron chi connectivity index (χ1n) is 9.33. The molecule has 28 heavy (non-hydrogen) atoms. The predicted octanol–water partition coefficient (Wildman–Crippen LogP) is 4.54. The molecule has 0 aromatic heterocycles. The molecule has 6 heteroatoms. The van der Waals surface area contributed by atoms with Crippen LogP contribution in [0.15, 0.2) is 48.2 Å². The quantitative estimate of drug-likeness (QED) is 0.687. The molecule has 146 valence electrons. The van der Waals surface area contributed by atoms with E-state index in [1.165, 1.54) is 0 Å². The third kappa shape index (κ3) is 4.17. The number of Topliss-reactive ketones (excluding diaryl/α,β-unsaturated/α-hetero) is 1. The number of allylic oxidation sites excluding steroid dienone is 1. The molecule has 0 bridgehead atoms. The fourth-order valence-corrected chi connectivity index (χ4v) is 2.86. The van der Waals surface area contributed by atoms with Crippen LogP contribution >= 0.6 is 0 Å². The Morgan fingerprint density at radius 1 is 1.04 bits per heavy atom. The highest BCUT2D eigenvalue weighted by atomic mass is 16.6. The molecule has 1 amide bonds. The maximum atomic E-state index is 12.6. The SMILES string of the molecule is CCOc1ccc(C=C2Oc3cc(OC(=O)N(CC)CC)ccc3C2=O)cc1. The lowest BCUT2D eigenvalue weighted by atomic mass is 10.1. The maximum absolute atomic E-state index is 12.6. The Balaban J connectivity index is 1.76. The molecule has 0 N–H and O–H groups in total. The van der Waals surface area contributed by atoms with Crippen LogP contribution in [0.25, 0.3) is 6.08 Å². The zero-order valence-electron chi connectivity index (χ0n) is 16.2. The normalized spacial score (nSPS) is 13.8. The number of amides is 1. The molecule has 2 aromatic rings. The van der Waals surface area contributed by atoms with Gasteiger partial charge in [-0.15, -0.1) is 0 Å². The average Bonchev–Trinajstić information content (AvgIpc) is 2.99. The Bertz CT molecular complexity index is 898. The van der Waals surface area contributed by atoms with Crippen molar-refractivity contribution in [3.63, 3.8) is 0 Å². The molecule has 0 spiro atoms. The molecular weight excluding hydrogens is 358 g/mol. The summed E-state index contributed by atoms with van der Waals surface area (Å²) < 4.78 is 16.5. The first-order chi connectivity index (χ1) is 13.5. The van der Waals surface area contributed by atoms with Gasteiger partial charge in [0.2, 0.25) is 5.78 Å². The van der Waals surface area contributed by atoms with Crippen LogP contribution in [0.2, 0.25) is 0 Å². The minimum atomic E-state index is -0.431. The van der Waals surface area contributed by atoms with E-state index in [1.54, 1.807) is 29.2 Å². The number of ether oxygens (including phenoxy) is 3. The topological polar surface area (TPSA) is 65.1 Å². The number of ketones is 1. The Morgan fingerprint density at radius 3 is 2.36 bits per heavy atom. The van der Waals surface area contributed by atoms with Gasteiger partial charge >= 0.3 is 6.09 Å². The van der Waals surface area contributed by atoms with Gasteiger partial charge in [0.25, 0.3) is 0 Å². The minimum Gasteiger partial charge on any atom is -0.494 e. The number of hydrogen-bond donors (Lipinski definition) is 0. The van der Waals surface area contributed by atoms with E-state index in [-0.39, 0.29) is 11.5 Å². The van der Waals surface area contributed by atoms with Gasteiger partial charge in [-0.25, -0.2) is 4.79 Å². The van der Waals surface area contributed by atoms with E-state index in [1.807, 2.05) is 45.0 Å². The number of rotatable bonds is 6. The van der Waals surface area contributed by atoms with Crippen molar-refractivity contribution in [3.8, 4) is 17.2 Å². The lowest BCUT2D eigenvalue weighted by Crippen LogP contribution is -2.33. The van der Waals surface area contributed by atoms with Crippen LogP contribution in [-0.2, 0) is 0 Å². The molecule has 1 aliphatic heterocycles. The van der Waals surface area contributed by atoms with Crippen LogP contribution in [0.5, 0.6) is 17.2 Å². The van der Waals surface area contributed by atoms with Crippen LogP contribution in [0.1, 0.15) is 36.7 Å². The molecule has 0 saturated heterocycles. The summed E-state index contributed by atoms with van der Waals surface area (Å²) in [5.41, 5.74) is 1.27. The van der Waals surface area contributed by atoms with Gasteiger partial charge in [0, 0.05) is 19.2 Å². The number of carbonyl (C=O) groups excluding carboxylic acids is 2. The summed E-state index contributed by atoms with van der Waals surface area (Å²) in [7, 11) is 0. The first-order valence-corrected chi connectivity index (χ1v) is 9.33. The second-order valence-corrected chi connectivity index (χ2v) is 6.14. The van der Waals surface area contributed by atoms with Crippen LogP contribution < -0.4 is 14.2 Å². The van der Waals surface area contributed by atoms with Gasteiger partial charge in [0.1, 0.15) is 17.2 Å². The summed E-state index contributed by atoms with van der Waals surface area (Å²) in [6, 6.07) is 12.2. The lowest BCUT2D eigenvalue weighted by Gasteiger charge is -2.17. The van der Waals surface area contributed by atoms with Crippen LogP contribution in [0.4, 0.5) is 4.79 Å². The van der Waals surface area contributed by atoms with Gasteiger partial charge in [-0.1, -0.05) is 12.1 Å². The van der Waals surface area contributed by atoms with Crippen molar-refractivity contribution in [3.05, 3.63) is 59.4 Å². The molecule has 1 aliphatic rings. The summed E-state index contributed by atoms with van der Waals surface area (Å²) in [5.74, 6) is 1.51. The number of nitrogens with zero attached hydrogens (tertiary/aromatic N) is 1. The molecule has 0 aliphatic carbocycles. The monoisotopic (exact) mass is 381 g/mol. The zero-order chi connectivity index (χ0) is 20.1. The lowest BCUT2D eigenvalue weighted by molar-refractivity contribution is 0.101. The molecule has 2 aromatic carbocycles. The van der Waals surface area contributed by atoms with Gasteiger partial charge in [-0.3, -0.25) is 4.79 Å². The molecule has 0 radical (unpaired) electrons. The second-order valence-electron chi connectivity index (χ2n) is 6.14. The first kappa shape index (κ1) is 19.5. The fraction of sp³-hybridized carbons (Fsp3) is 0.273. The largest absolute Gasteiger partial charge is 0.494 e. The third-order valence-electron chi connectivity index (χ3n) is 4.36. The molecule has 0 fully saturated rings. The van der Waals surface area contributed by atoms with Crippen molar-refractivity contribution in [1.82, 2.24) is 4.90 Å². The average molecular weight is 381 g/mol. The van der Waals surface area contributed by atoms with Crippen molar-refractivity contribution in [2.24, 2.45) is 0 Å². The summed E-state index contributed by atoms with van der Waals surface area (Å²) in [6.45, 7) is 7.40. The highest BCUT2D eigenvalue weighted by Crippen LogP contribution is 2.35. The second kappa shape index (κ2) is 8.61. The van der Waals surface area contributed by atoms with E-state index in [2.05, 4.69) is 0 Å². The Morgan fingerprint density at radius 2 is 1.71 bits per heavy atom. The van der Waals surface area contributed by atoms with Crippen molar-refractivity contribution in [2.75, 3.05) is 19.7 Å². The summed E-state index contributed by atoms with van der Waals surface area (Å²) in [4.78, 5) is 26.2. The van der Waals surface area contributed by atoms with Crippen molar-refractivity contribution in [2.45, 2.75) is 20.8 Å². The van der Waals surface area contributed by atoms with E-state index in [0.29, 0.717) is 36.8 Å². The third-order valence-corrected chi connectivity index (χ3v) is 4.36. The highest BCUT2D eigenvalue weighted by Gasteiger charge is 2.28. The predicted molar refractivity (Wildman–Crippen MR) is 106 cm³/mol. The molecule has 3 rings (SSSR count). The van der Waals surface area contributed by atoms with Gasteiger partial charge in [-0.2, -0.15) is 0 Å². The number of carbonyl (C=O) groups is 2. The van der Waals surface area contributed by atoms with E-state index in [9.17, 15) is 9.59 Å². The van der Waals surface area contributed by atoms with Gasteiger partial charge in [-0.05, 0) is 56.7 Å². The molecular formula is C22H23NO5. The fourth-order valence-electron chi connectivity index (χ4n) is 2.86. The number of fused-ring (bicyclic) bond motifs is 1. The Hall–Kier alpha value is -3.28. The van der Waals surface area contributed by atoms with Crippen molar-refractivity contribution in [1.29, 1.82) is 0 Å². The van der Waals surface area contributed by atoms with Gasteiger partial charge in [0.15, 0.2) is 5.76 Å². The van der Waals surface area contributed by atoms with Crippen molar-refractivity contribution < 1.29 is 23.8 Å². The van der Waals surface area contributed by atoms with Gasteiger partial charge in [0.05, 0.1) is 12.2 Å². The molecule has 1 heterocycles. The number of hydrogen-bond acceptors (Lipinski definition) is 5. The van der Waals surface area contributed by atoms with E-state index >= 15 is 0 Å². The maximum Gasteiger partial charge on any atom is 0.415 e. The number of benzene rings is 2. The zero-order valence-corrected chi connectivity index (χ0v) is 16.2. The van der Waals surface area contributed by atoms with Crippen LogP contribution in [-0.4, -0.2) is 36.5 Å². The molecule has 6 nitrogen and oxygen atoms in total. The highest BCUT2D eigenvalue weighted by molar-refractivity contribution is 6.14. The standard InChI is InChI=1S/C22H23NO5/c1-4-23(5-2)22(25)27-17-11-12-18-19(14-17)28-20(21(18)24)13-15-7-9-16(10-8-15)26-6-3/h7-14H,4-6H2,1-3H3. The summed E-state index contributed by atoms with van der Waals surface area (Å²) >= 11 is 0. The van der Waals surface area contributed by atoms with E-state index in [4.69, 9.17) is 14.2 Å². The summed E-state index contributed by atoms with van der Waals surface area (Å²) in [6.07, 6.45) is 1.25. The molecule has 0 atom stereocenters. The van der Waals surface area contributed by atoms with Crippen LogP contribution in [0, 0.1) is 0 Å². The van der Waals surface area contributed by atoms with E-state index in [0.717, 1.165) is 11.3 Å². The Labute approximate surface area is 164 Å². The Kier molecular flexibility index (Phi) is 5.99. The minimum absolute atomic E-state index is 0.203. The smallest absolute Gasteiger partial charge is 0.415 e. The van der Waals surface area contributed by atoms with Crippen LogP contribution in [0.3, 0.4) is 0 Å².